The first-order valence-corrected chi connectivity index (χ1v) is 20.8. The third-order valence-electron chi connectivity index (χ3n) is 11.8. The average Bonchev–Trinajstić information content (AvgIpc) is 3.93. The summed E-state index contributed by atoms with van der Waals surface area (Å²) in [6.45, 7) is 0. The molecule has 0 fully saturated rings. The zero-order valence-electron chi connectivity index (χ0n) is 33.4. The van der Waals surface area contributed by atoms with Crippen LogP contribution in [0.15, 0.2) is 221 Å². The Labute approximate surface area is 357 Å². The van der Waals surface area contributed by atoms with Crippen LogP contribution in [0, 0.1) is 0 Å². The minimum Gasteiger partial charge on any atom is -0.455 e. The highest BCUT2D eigenvalue weighted by Gasteiger charge is 2.21. The molecule has 0 radical (unpaired) electrons. The Morgan fingerprint density at radius 1 is 0.258 bits per heavy atom. The highest BCUT2D eigenvalue weighted by Crippen LogP contribution is 2.44. The van der Waals surface area contributed by atoms with Gasteiger partial charge in [0.05, 0.1) is 0 Å². The quantitative estimate of drug-likeness (QED) is 0.161. The third-order valence-corrected chi connectivity index (χ3v) is 11.8. The van der Waals surface area contributed by atoms with E-state index in [9.17, 15) is 0 Å². The first-order valence-electron chi connectivity index (χ1n) is 20.8. The van der Waals surface area contributed by atoms with Crippen molar-refractivity contribution in [3.63, 3.8) is 0 Å². The largest absolute Gasteiger partial charge is 0.455 e. The molecule has 0 aliphatic carbocycles. The molecular weight excluding hydrogens is 759 g/mol. The fourth-order valence-electron chi connectivity index (χ4n) is 8.79. The normalized spacial score (nSPS) is 11.5. The molecule has 5 nitrogen and oxygen atoms in total. The first-order chi connectivity index (χ1) is 30.7. The summed E-state index contributed by atoms with van der Waals surface area (Å²) >= 11 is 0. The summed E-state index contributed by atoms with van der Waals surface area (Å²) < 4.78 is 13.7. The fourth-order valence-corrected chi connectivity index (χ4v) is 8.79. The summed E-state index contributed by atoms with van der Waals surface area (Å²) in [5, 5.41) is 4.20. The molecular formula is C57H35N3O2. The van der Waals surface area contributed by atoms with Gasteiger partial charge in [0, 0.05) is 49.4 Å². The Kier molecular flexibility index (Phi) is 8.42. The van der Waals surface area contributed by atoms with Crippen molar-refractivity contribution in [1.82, 2.24) is 15.0 Å². The summed E-state index contributed by atoms with van der Waals surface area (Å²) in [5.41, 5.74) is 14.5. The Morgan fingerprint density at radius 3 is 0.935 bits per heavy atom. The van der Waals surface area contributed by atoms with Gasteiger partial charge in [-0.25, -0.2) is 15.0 Å². The van der Waals surface area contributed by atoms with Gasteiger partial charge in [-0.05, 0) is 69.8 Å². The standard InChI is InChI=1S/C57H35N3O2/c1-6-16-36(17-7-1)43-30-32-45(38-20-10-3-11-21-38)53-51(43)47-28-26-41(34-49(47)61-53)56-58-55(40-24-14-5-15-25-40)59-57(60-56)42-27-29-48-50(35-42)62-54-46(39-22-12-4-13-23-39)33-31-44(52(48)54)37-18-8-2-9-19-37/h1-35H. The molecule has 12 rings (SSSR count). The van der Waals surface area contributed by atoms with Crippen LogP contribution in [0.3, 0.4) is 0 Å². The van der Waals surface area contributed by atoms with Crippen molar-refractivity contribution in [3.8, 4) is 78.7 Å². The van der Waals surface area contributed by atoms with Crippen molar-refractivity contribution in [3.05, 3.63) is 212 Å². The van der Waals surface area contributed by atoms with E-state index in [-0.39, 0.29) is 0 Å². The summed E-state index contributed by atoms with van der Waals surface area (Å²) in [7, 11) is 0. The van der Waals surface area contributed by atoms with Gasteiger partial charge < -0.3 is 8.83 Å². The number of hydrogen-bond donors (Lipinski definition) is 0. The molecule has 0 aliphatic rings. The Balaban J connectivity index is 1.04. The molecule has 0 saturated heterocycles. The van der Waals surface area contributed by atoms with Crippen LogP contribution in [0.2, 0.25) is 0 Å². The van der Waals surface area contributed by atoms with Crippen LogP contribution in [-0.2, 0) is 0 Å². The lowest BCUT2D eigenvalue weighted by atomic mass is 9.94. The second-order valence-corrected chi connectivity index (χ2v) is 15.5. The van der Waals surface area contributed by atoms with Gasteiger partial charge >= 0.3 is 0 Å². The van der Waals surface area contributed by atoms with Crippen molar-refractivity contribution in [2.24, 2.45) is 0 Å². The lowest BCUT2D eigenvalue weighted by molar-refractivity contribution is 0.670. The molecule has 5 heteroatoms. The highest BCUT2D eigenvalue weighted by molar-refractivity contribution is 6.18. The van der Waals surface area contributed by atoms with Crippen LogP contribution >= 0.6 is 0 Å². The Bertz CT molecular complexity index is 3380. The molecule has 0 saturated carbocycles. The van der Waals surface area contributed by atoms with Crippen LogP contribution in [0.4, 0.5) is 0 Å². The molecule has 12 aromatic rings. The van der Waals surface area contributed by atoms with E-state index in [1.807, 2.05) is 54.6 Å². The van der Waals surface area contributed by atoms with Gasteiger partial charge in [-0.15, -0.1) is 0 Å². The highest BCUT2D eigenvalue weighted by atomic mass is 16.3. The molecule has 290 valence electrons. The number of rotatable bonds is 7. The topological polar surface area (TPSA) is 65.0 Å². The minimum absolute atomic E-state index is 0.546. The predicted molar refractivity (Wildman–Crippen MR) is 252 cm³/mol. The zero-order valence-corrected chi connectivity index (χ0v) is 33.4. The maximum absolute atomic E-state index is 6.87. The Hall–Kier alpha value is -8.41. The third kappa shape index (κ3) is 6.06. The predicted octanol–water partition coefficient (Wildman–Crippen LogP) is 15.3. The molecule has 0 amide bonds. The molecule has 0 N–H and O–H groups in total. The first kappa shape index (κ1) is 35.5. The molecule has 3 aromatic heterocycles. The number of benzene rings is 9. The molecule has 0 aliphatic heterocycles. The molecule has 0 bridgehead atoms. The van der Waals surface area contributed by atoms with Gasteiger partial charge in [-0.2, -0.15) is 0 Å². The summed E-state index contributed by atoms with van der Waals surface area (Å²) in [6.07, 6.45) is 0. The van der Waals surface area contributed by atoms with Crippen molar-refractivity contribution < 1.29 is 8.83 Å². The average molecular weight is 794 g/mol. The van der Waals surface area contributed by atoms with Crippen LogP contribution in [0.1, 0.15) is 0 Å². The van der Waals surface area contributed by atoms with E-state index in [0.717, 1.165) is 105 Å². The van der Waals surface area contributed by atoms with Gasteiger partial charge in [-0.3, -0.25) is 0 Å². The van der Waals surface area contributed by atoms with Gasteiger partial charge in [0.2, 0.25) is 0 Å². The molecule has 62 heavy (non-hydrogen) atoms. The molecule has 9 aromatic carbocycles. The number of hydrogen-bond acceptors (Lipinski definition) is 5. The van der Waals surface area contributed by atoms with E-state index in [4.69, 9.17) is 23.8 Å². The smallest absolute Gasteiger partial charge is 0.164 e. The zero-order chi connectivity index (χ0) is 41.0. The van der Waals surface area contributed by atoms with Gasteiger partial charge in [0.25, 0.3) is 0 Å². The number of nitrogens with zero attached hydrogens (tertiary/aromatic N) is 3. The monoisotopic (exact) mass is 793 g/mol. The van der Waals surface area contributed by atoms with Crippen molar-refractivity contribution in [2.75, 3.05) is 0 Å². The summed E-state index contributed by atoms with van der Waals surface area (Å²) in [6, 6.07) is 73.2. The lowest BCUT2D eigenvalue weighted by Gasteiger charge is -2.09. The van der Waals surface area contributed by atoms with E-state index in [2.05, 4.69) is 158 Å². The van der Waals surface area contributed by atoms with Crippen molar-refractivity contribution in [2.45, 2.75) is 0 Å². The molecule has 0 unspecified atom stereocenters. The van der Waals surface area contributed by atoms with E-state index in [0.29, 0.717) is 17.5 Å². The van der Waals surface area contributed by atoms with Crippen LogP contribution in [0.25, 0.3) is 123 Å². The molecule has 0 spiro atoms. The van der Waals surface area contributed by atoms with E-state index >= 15 is 0 Å². The second kappa shape index (κ2) is 14.7. The van der Waals surface area contributed by atoms with Crippen LogP contribution in [0.5, 0.6) is 0 Å². The lowest BCUT2D eigenvalue weighted by Crippen LogP contribution is -2.00. The molecule has 3 heterocycles. The van der Waals surface area contributed by atoms with Gasteiger partial charge in [0.1, 0.15) is 22.3 Å². The number of furan rings is 2. The number of fused-ring (bicyclic) bond motifs is 6. The van der Waals surface area contributed by atoms with E-state index in [1.165, 1.54) is 0 Å². The SMILES string of the molecule is c1ccc(-c2nc(-c3ccc4c(c3)oc3c(-c5ccccc5)ccc(-c5ccccc5)c34)nc(-c3ccc4c(c3)oc3c(-c5ccccc5)ccc(-c5ccccc5)c34)n2)cc1. The Morgan fingerprint density at radius 2 is 0.565 bits per heavy atom. The van der Waals surface area contributed by atoms with E-state index < -0.39 is 0 Å². The second-order valence-electron chi connectivity index (χ2n) is 15.5. The fraction of sp³-hybridized carbons (Fsp3) is 0. The minimum atomic E-state index is 0.546. The maximum Gasteiger partial charge on any atom is 0.164 e. The van der Waals surface area contributed by atoms with Gasteiger partial charge in [-0.1, -0.05) is 176 Å². The summed E-state index contributed by atoms with van der Waals surface area (Å²) in [4.78, 5) is 15.4. The van der Waals surface area contributed by atoms with E-state index in [1.54, 1.807) is 0 Å². The maximum atomic E-state index is 6.87. The van der Waals surface area contributed by atoms with Crippen molar-refractivity contribution >= 4 is 43.9 Å². The number of aromatic nitrogens is 3. The van der Waals surface area contributed by atoms with Crippen LogP contribution in [-0.4, -0.2) is 15.0 Å². The summed E-state index contributed by atoms with van der Waals surface area (Å²) in [5.74, 6) is 1.67. The van der Waals surface area contributed by atoms with Crippen LogP contribution < -0.4 is 0 Å². The van der Waals surface area contributed by atoms with Crippen molar-refractivity contribution in [1.29, 1.82) is 0 Å². The molecule has 0 atom stereocenters. The van der Waals surface area contributed by atoms with Gasteiger partial charge in [0.15, 0.2) is 17.5 Å².